The summed E-state index contributed by atoms with van der Waals surface area (Å²) in [6, 6.07) is 0. The molecule has 1 saturated heterocycles. The molecule has 0 aliphatic carbocycles. The second-order valence-corrected chi connectivity index (χ2v) is 3.68. The molecule has 1 rings (SSSR count). The first-order chi connectivity index (χ1) is 6.93. The maximum absolute atomic E-state index is 10.0. The number of carbonyl (C=O) groups excluding carboxylic acids is 1. The average Bonchev–Trinajstić information content (AvgIpc) is 2.25. The summed E-state index contributed by atoms with van der Waals surface area (Å²) in [6.45, 7) is 1.61. The quantitative estimate of drug-likeness (QED) is 0.467. The van der Waals surface area contributed by atoms with Gasteiger partial charge in [0.2, 0.25) is 0 Å². The van der Waals surface area contributed by atoms with Crippen molar-refractivity contribution in [2.45, 2.75) is 51.2 Å². The van der Waals surface area contributed by atoms with Gasteiger partial charge in [0.05, 0.1) is 0 Å². The SMILES string of the molecule is O=CCCCCCO[C@@H]1CCCCO1. The van der Waals surface area contributed by atoms with Crippen molar-refractivity contribution >= 4 is 6.29 Å². The van der Waals surface area contributed by atoms with E-state index in [9.17, 15) is 4.79 Å². The number of ether oxygens (including phenoxy) is 2. The van der Waals surface area contributed by atoms with Crippen molar-refractivity contribution in [1.82, 2.24) is 0 Å². The zero-order valence-electron chi connectivity index (χ0n) is 8.74. The van der Waals surface area contributed by atoms with E-state index in [1.54, 1.807) is 0 Å². The summed E-state index contributed by atoms with van der Waals surface area (Å²) in [7, 11) is 0. The summed E-state index contributed by atoms with van der Waals surface area (Å²) >= 11 is 0. The van der Waals surface area contributed by atoms with Crippen LogP contribution in [0.4, 0.5) is 0 Å². The molecule has 0 aromatic heterocycles. The number of hydrogen-bond acceptors (Lipinski definition) is 3. The molecule has 1 fully saturated rings. The van der Waals surface area contributed by atoms with Crippen molar-refractivity contribution < 1.29 is 14.3 Å². The van der Waals surface area contributed by atoms with Crippen molar-refractivity contribution in [3.8, 4) is 0 Å². The van der Waals surface area contributed by atoms with Crippen LogP contribution >= 0.6 is 0 Å². The average molecular weight is 200 g/mol. The van der Waals surface area contributed by atoms with Crippen LogP contribution in [-0.4, -0.2) is 25.8 Å². The van der Waals surface area contributed by atoms with E-state index in [-0.39, 0.29) is 6.29 Å². The minimum Gasteiger partial charge on any atom is -0.353 e. The highest BCUT2D eigenvalue weighted by Gasteiger charge is 2.12. The van der Waals surface area contributed by atoms with Gasteiger partial charge in [-0.2, -0.15) is 0 Å². The van der Waals surface area contributed by atoms with Crippen molar-refractivity contribution in [3.05, 3.63) is 0 Å². The molecule has 82 valence electrons. The van der Waals surface area contributed by atoms with E-state index < -0.39 is 0 Å². The van der Waals surface area contributed by atoms with Gasteiger partial charge in [0, 0.05) is 19.6 Å². The molecule has 0 amide bonds. The largest absolute Gasteiger partial charge is 0.353 e. The molecule has 3 heteroatoms. The summed E-state index contributed by atoms with van der Waals surface area (Å²) in [4.78, 5) is 10.0. The van der Waals surface area contributed by atoms with Gasteiger partial charge in [-0.05, 0) is 32.1 Å². The van der Waals surface area contributed by atoms with E-state index in [0.29, 0.717) is 6.42 Å². The third kappa shape index (κ3) is 5.35. The number of unbranched alkanes of at least 4 members (excludes halogenated alkanes) is 3. The predicted octanol–water partition coefficient (Wildman–Crippen LogP) is 2.29. The zero-order chi connectivity index (χ0) is 10.1. The van der Waals surface area contributed by atoms with E-state index in [1.165, 1.54) is 12.8 Å². The van der Waals surface area contributed by atoms with Crippen LogP contribution in [-0.2, 0) is 14.3 Å². The molecule has 0 unspecified atom stereocenters. The van der Waals surface area contributed by atoms with Gasteiger partial charge in [0.15, 0.2) is 6.29 Å². The van der Waals surface area contributed by atoms with Crippen molar-refractivity contribution in [1.29, 1.82) is 0 Å². The molecule has 0 spiro atoms. The molecular formula is C11H20O3. The number of aldehydes is 1. The summed E-state index contributed by atoms with van der Waals surface area (Å²) in [6.07, 6.45) is 8.21. The number of rotatable bonds is 7. The van der Waals surface area contributed by atoms with Crippen LogP contribution in [0.1, 0.15) is 44.9 Å². The summed E-state index contributed by atoms with van der Waals surface area (Å²) in [5.41, 5.74) is 0. The lowest BCUT2D eigenvalue weighted by Crippen LogP contribution is -2.22. The zero-order valence-corrected chi connectivity index (χ0v) is 8.74. The number of hydrogen-bond donors (Lipinski definition) is 0. The highest BCUT2D eigenvalue weighted by molar-refractivity contribution is 5.48. The Morgan fingerprint density at radius 1 is 1.29 bits per heavy atom. The first-order valence-electron chi connectivity index (χ1n) is 5.60. The first kappa shape index (κ1) is 11.7. The molecule has 1 atom stereocenters. The monoisotopic (exact) mass is 200 g/mol. The third-order valence-electron chi connectivity index (χ3n) is 2.41. The molecule has 0 N–H and O–H groups in total. The highest BCUT2D eigenvalue weighted by Crippen LogP contribution is 2.14. The van der Waals surface area contributed by atoms with E-state index >= 15 is 0 Å². The summed E-state index contributed by atoms with van der Waals surface area (Å²) in [5, 5.41) is 0. The lowest BCUT2D eigenvalue weighted by molar-refractivity contribution is -0.162. The Kier molecular flexibility index (Phi) is 6.62. The van der Waals surface area contributed by atoms with Gasteiger partial charge < -0.3 is 14.3 Å². The van der Waals surface area contributed by atoms with Gasteiger partial charge in [-0.1, -0.05) is 6.42 Å². The van der Waals surface area contributed by atoms with Gasteiger partial charge >= 0.3 is 0 Å². The van der Waals surface area contributed by atoms with E-state index in [4.69, 9.17) is 9.47 Å². The molecule has 0 radical (unpaired) electrons. The fourth-order valence-corrected chi connectivity index (χ4v) is 1.56. The standard InChI is InChI=1S/C11H20O3/c12-8-4-1-2-5-9-13-11-7-3-6-10-14-11/h8,11H,1-7,9-10H2/t11-/m0/s1. The van der Waals surface area contributed by atoms with Crippen LogP contribution in [0.25, 0.3) is 0 Å². The fraction of sp³-hybridized carbons (Fsp3) is 0.909. The van der Waals surface area contributed by atoms with Crippen LogP contribution in [0.15, 0.2) is 0 Å². The summed E-state index contributed by atoms with van der Waals surface area (Å²) in [5.74, 6) is 0. The second-order valence-electron chi connectivity index (χ2n) is 3.68. The van der Waals surface area contributed by atoms with Crippen LogP contribution in [0.3, 0.4) is 0 Å². The Labute approximate surface area is 85.8 Å². The Morgan fingerprint density at radius 3 is 2.93 bits per heavy atom. The minimum atomic E-state index is 0.0369. The Bertz CT molecular complexity index is 141. The van der Waals surface area contributed by atoms with Crippen LogP contribution < -0.4 is 0 Å². The molecule has 0 bridgehead atoms. The third-order valence-corrected chi connectivity index (χ3v) is 2.41. The van der Waals surface area contributed by atoms with Gasteiger partial charge in [0.1, 0.15) is 6.29 Å². The summed E-state index contributed by atoms with van der Waals surface area (Å²) < 4.78 is 11.0. The second kappa shape index (κ2) is 7.94. The maximum atomic E-state index is 10.0. The van der Waals surface area contributed by atoms with Crippen LogP contribution in [0.5, 0.6) is 0 Å². The van der Waals surface area contributed by atoms with E-state index in [0.717, 1.165) is 45.2 Å². The molecule has 1 heterocycles. The Hall–Kier alpha value is -0.410. The van der Waals surface area contributed by atoms with Crippen LogP contribution in [0, 0.1) is 0 Å². The molecule has 0 aromatic carbocycles. The molecule has 14 heavy (non-hydrogen) atoms. The molecule has 3 nitrogen and oxygen atoms in total. The molecule has 0 saturated carbocycles. The molecule has 1 aliphatic rings. The topological polar surface area (TPSA) is 35.5 Å². The highest BCUT2D eigenvalue weighted by atomic mass is 16.7. The normalized spacial score (nSPS) is 22.1. The molecule has 0 aromatic rings. The Morgan fingerprint density at radius 2 is 2.21 bits per heavy atom. The smallest absolute Gasteiger partial charge is 0.157 e. The Balaban J connectivity index is 1.85. The van der Waals surface area contributed by atoms with Gasteiger partial charge in [0.25, 0.3) is 0 Å². The van der Waals surface area contributed by atoms with E-state index in [1.807, 2.05) is 0 Å². The van der Waals surface area contributed by atoms with Crippen molar-refractivity contribution in [2.24, 2.45) is 0 Å². The fourth-order valence-electron chi connectivity index (χ4n) is 1.56. The lowest BCUT2D eigenvalue weighted by Gasteiger charge is -2.22. The lowest BCUT2D eigenvalue weighted by atomic mass is 10.2. The van der Waals surface area contributed by atoms with Gasteiger partial charge in [-0.25, -0.2) is 0 Å². The van der Waals surface area contributed by atoms with Crippen molar-refractivity contribution in [3.63, 3.8) is 0 Å². The van der Waals surface area contributed by atoms with Crippen LogP contribution in [0.2, 0.25) is 0 Å². The predicted molar refractivity (Wildman–Crippen MR) is 54.1 cm³/mol. The number of carbonyl (C=O) groups is 1. The van der Waals surface area contributed by atoms with Gasteiger partial charge in [-0.15, -0.1) is 0 Å². The minimum absolute atomic E-state index is 0.0369. The van der Waals surface area contributed by atoms with E-state index in [2.05, 4.69) is 0 Å². The van der Waals surface area contributed by atoms with Gasteiger partial charge in [-0.3, -0.25) is 0 Å². The van der Waals surface area contributed by atoms with Crippen molar-refractivity contribution in [2.75, 3.05) is 13.2 Å². The maximum Gasteiger partial charge on any atom is 0.157 e. The first-order valence-corrected chi connectivity index (χ1v) is 5.60. The molecular weight excluding hydrogens is 180 g/mol. The molecule has 1 aliphatic heterocycles.